The lowest BCUT2D eigenvalue weighted by atomic mass is 10.1. The molecule has 0 N–H and O–H groups in total. The van der Waals surface area contributed by atoms with Crippen molar-refractivity contribution < 1.29 is 18.7 Å². The molecular formula is C19H22FNO3. The fraction of sp³-hybridized carbons (Fsp3) is 0.316. The summed E-state index contributed by atoms with van der Waals surface area (Å²) in [5.74, 6) is 1.19. The van der Waals surface area contributed by atoms with Gasteiger partial charge in [-0.1, -0.05) is 18.2 Å². The van der Waals surface area contributed by atoms with Gasteiger partial charge in [0.25, 0.3) is 0 Å². The van der Waals surface area contributed by atoms with Crippen LogP contribution in [-0.2, 0) is 11.2 Å². The summed E-state index contributed by atoms with van der Waals surface area (Å²) in [6.07, 6.45) is 0.676. The number of hydrogen-bond donors (Lipinski definition) is 0. The first-order valence-electron chi connectivity index (χ1n) is 7.84. The number of benzene rings is 2. The quantitative estimate of drug-likeness (QED) is 0.745. The molecule has 0 aliphatic rings. The van der Waals surface area contributed by atoms with Crippen LogP contribution in [0.5, 0.6) is 11.5 Å². The lowest BCUT2D eigenvalue weighted by Crippen LogP contribution is -2.31. The third kappa shape index (κ3) is 5.26. The molecule has 0 saturated heterocycles. The highest BCUT2D eigenvalue weighted by Gasteiger charge is 2.10. The van der Waals surface area contributed by atoms with Crippen LogP contribution in [0.25, 0.3) is 0 Å². The predicted octanol–water partition coefficient (Wildman–Crippen LogP) is 3.30. The van der Waals surface area contributed by atoms with Gasteiger partial charge in [-0.05, 0) is 42.3 Å². The van der Waals surface area contributed by atoms with Gasteiger partial charge >= 0.3 is 0 Å². The van der Waals surface area contributed by atoms with Crippen LogP contribution in [0.1, 0.15) is 12.0 Å². The molecule has 1 amide bonds. The summed E-state index contributed by atoms with van der Waals surface area (Å²) >= 11 is 0. The van der Waals surface area contributed by atoms with Crippen LogP contribution in [-0.4, -0.2) is 38.1 Å². The first-order valence-corrected chi connectivity index (χ1v) is 7.84. The standard InChI is InChI=1S/C19H22FNO3/c1-21(13-14-24-17-10-8-16(23-2)9-11-17)19(22)12-7-15-5-3-4-6-18(15)20/h3-6,8-11H,7,12-14H2,1-2H3. The first-order chi connectivity index (χ1) is 11.6. The topological polar surface area (TPSA) is 38.8 Å². The van der Waals surface area contributed by atoms with E-state index in [0.29, 0.717) is 25.1 Å². The molecule has 0 aliphatic heterocycles. The predicted molar refractivity (Wildman–Crippen MR) is 90.8 cm³/mol. The van der Waals surface area contributed by atoms with Crippen molar-refractivity contribution in [3.05, 3.63) is 59.9 Å². The minimum absolute atomic E-state index is 0.0309. The summed E-state index contributed by atoms with van der Waals surface area (Å²) in [6, 6.07) is 13.8. The van der Waals surface area contributed by atoms with Crippen molar-refractivity contribution in [3.63, 3.8) is 0 Å². The lowest BCUT2D eigenvalue weighted by Gasteiger charge is -2.17. The van der Waals surface area contributed by atoms with Gasteiger partial charge in [-0.25, -0.2) is 4.39 Å². The van der Waals surface area contributed by atoms with Crippen LogP contribution in [0.4, 0.5) is 4.39 Å². The van der Waals surface area contributed by atoms with Crippen molar-refractivity contribution in [1.82, 2.24) is 4.90 Å². The van der Waals surface area contributed by atoms with Crippen LogP contribution in [0.15, 0.2) is 48.5 Å². The number of nitrogens with zero attached hydrogens (tertiary/aromatic N) is 1. The van der Waals surface area contributed by atoms with Gasteiger partial charge in [-0.15, -0.1) is 0 Å². The molecule has 0 atom stereocenters. The molecule has 128 valence electrons. The molecule has 0 aliphatic carbocycles. The highest BCUT2D eigenvalue weighted by Crippen LogP contribution is 2.17. The Morgan fingerprint density at radius 2 is 1.75 bits per heavy atom. The van der Waals surface area contributed by atoms with Gasteiger partial charge in [0.05, 0.1) is 13.7 Å². The molecule has 4 nitrogen and oxygen atoms in total. The Labute approximate surface area is 141 Å². The smallest absolute Gasteiger partial charge is 0.222 e. The number of methoxy groups -OCH3 is 1. The number of rotatable bonds is 8. The molecule has 0 aromatic heterocycles. The summed E-state index contributed by atoms with van der Waals surface area (Å²) in [5.41, 5.74) is 0.564. The van der Waals surface area contributed by atoms with E-state index in [1.807, 2.05) is 24.3 Å². The van der Waals surface area contributed by atoms with E-state index in [9.17, 15) is 9.18 Å². The van der Waals surface area contributed by atoms with Gasteiger partial charge in [-0.3, -0.25) is 4.79 Å². The molecule has 0 saturated carbocycles. The third-order valence-electron chi connectivity index (χ3n) is 3.75. The van der Waals surface area contributed by atoms with Crippen molar-refractivity contribution in [2.24, 2.45) is 0 Å². The largest absolute Gasteiger partial charge is 0.497 e. The number of likely N-dealkylation sites (N-methyl/N-ethyl adjacent to an activating group) is 1. The van der Waals surface area contributed by atoms with Gasteiger partial charge in [0.2, 0.25) is 5.91 Å². The highest BCUT2D eigenvalue weighted by atomic mass is 19.1. The zero-order valence-electron chi connectivity index (χ0n) is 14.0. The first kappa shape index (κ1) is 17.8. The maximum absolute atomic E-state index is 13.5. The van der Waals surface area contributed by atoms with Gasteiger partial charge in [-0.2, -0.15) is 0 Å². The van der Waals surface area contributed by atoms with Crippen molar-refractivity contribution in [2.45, 2.75) is 12.8 Å². The zero-order valence-corrected chi connectivity index (χ0v) is 14.0. The fourth-order valence-electron chi connectivity index (χ4n) is 2.23. The molecule has 0 fully saturated rings. The lowest BCUT2D eigenvalue weighted by molar-refractivity contribution is -0.130. The zero-order chi connectivity index (χ0) is 17.4. The van der Waals surface area contributed by atoms with Gasteiger partial charge in [0.1, 0.15) is 23.9 Å². The molecule has 2 aromatic carbocycles. The Morgan fingerprint density at radius 1 is 1.08 bits per heavy atom. The Hall–Kier alpha value is -2.56. The Bertz CT molecular complexity index is 658. The second kappa shape index (κ2) is 8.91. The number of carbonyl (C=O) groups is 1. The van der Waals surface area contributed by atoms with E-state index in [0.717, 1.165) is 11.5 Å². The maximum atomic E-state index is 13.5. The van der Waals surface area contributed by atoms with Crippen molar-refractivity contribution in [3.8, 4) is 11.5 Å². The summed E-state index contributed by atoms with van der Waals surface area (Å²) < 4.78 is 24.2. The van der Waals surface area contributed by atoms with Crippen LogP contribution in [0.2, 0.25) is 0 Å². The van der Waals surface area contributed by atoms with E-state index in [1.165, 1.54) is 6.07 Å². The van der Waals surface area contributed by atoms with Crippen LogP contribution >= 0.6 is 0 Å². The number of carbonyl (C=O) groups excluding carboxylic acids is 1. The van der Waals surface area contributed by atoms with E-state index >= 15 is 0 Å². The number of amides is 1. The molecule has 2 rings (SSSR count). The minimum Gasteiger partial charge on any atom is -0.497 e. The summed E-state index contributed by atoms with van der Waals surface area (Å²) in [4.78, 5) is 13.7. The molecule has 0 heterocycles. The molecular weight excluding hydrogens is 309 g/mol. The Balaban J connectivity index is 1.72. The molecule has 0 radical (unpaired) electrons. The molecule has 5 heteroatoms. The fourth-order valence-corrected chi connectivity index (χ4v) is 2.23. The maximum Gasteiger partial charge on any atom is 0.222 e. The van der Waals surface area contributed by atoms with E-state index in [1.54, 1.807) is 37.3 Å². The minimum atomic E-state index is -0.268. The SMILES string of the molecule is COc1ccc(OCCN(C)C(=O)CCc2ccccc2F)cc1. The average molecular weight is 331 g/mol. The number of aryl methyl sites for hydroxylation is 1. The molecule has 24 heavy (non-hydrogen) atoms. The van der Waals surface area contributed by atoms with Crippen LogP contribution in [0.3, 0.4) is 0 Å². The highest BCUT2D eigenvalue weighted by molar-refractivity contribution is 5.76. The molecule has 0 unspecified atom stereocenters. The van der Waals surface area contributed by atoms with E-state index in [2.05, 4.69) is 0 Å². The monoisotopic (exact) mass is 331 g/mol. The second-order valence-corrected chi connectivity index (χ2v) is 5.43. The van der Waals surface area contributed by atoms with Crippen molar-refractivity contribution in [1.29, 1.82) is 0 Å². The van der Waals surface area contributed by atoms with E-state index in [-0.39, 0.29) is 18.1 Å². The average Bonchev–Trinajstić information content (AvgIpc) is 2.61. The normalized spacial score (nSPS) is 10.3. The Kier molecular flexibility index (Phi) is 6.61. The summed E-state index contributed by atoms with van der Waals surface area (Å²) in [6.45, 7) is 0.871. The van der Waals surface area contributed by atoms with Gasteiger partial charge in [0, 0.05) is 13.5 Å². The van der Waals surface area contributed by atoms with Crippen molar-refractivity contribution in [2.75, 3.05) is 27.3 Å². The Morgan fingerprint density at radius 3 is 2.42 bits per heavy atom. The second-order valence-electron chi connectivity index (χ2n) is 5.43. The molecule has 0 bridgehead atoms. The summed E-state index contributed by atoms with van der Waals surface area (Å²) in [7, 11) is 3.33. The van der Waals surface area contributed by atoms with Gasteiger partial charge < -0.3 is 14.4 Å². The molecule has 2 aromatic rings. The van der Waals surface area contributed by atoms with E-state index < -0.39 is 0 Å². The summed E-state index contributed by atoms with van der Waals surface area (Å²) in [5, 5.41) is 0. The van der Waals surface area contributed by atoms with E-state index in [4.69, 9.17) is 9.47 Å². The number of ether oxygens (including phenoxy) is 2. The number of halogens is 1. The molecule has 0 spiro atoms. The van der Waals surface area contributed by atoms with Gasteiger partial charge in [0.15, 0.2) is 0 Å². The van der Waals surface area contributed by atoms with Crippen LogP contribution in [0, 0.1) is 5.82 Å². The third-order valence-corrected chi connectivity index (χ3v) is 3.75. The van der Waals surface area contributed by atoms with Crippen LogP contribution < -0.4 is 9.47 Å². The number of hydrogen-bond acceptors (Lipinski definition) is 3. The van der Waals surface area contributed by atoms with Crippen molar-refractivity contribution >= 4 is 5.91 Å².